The number of hydrogen-bond acceptors (Lipinski definition) is 9. The highest BCUT2D eigenvalue weighted by Gasteiger charge is 2.33. The third-order valence-electron chi connectivity index (χ3n) is 3.68. The van der Waals surface area contributed by atoms with Gasteiger partial charge >= 0.3 is 11.9 Å². The molecule has 0 amide bonds. The quantitative estimate of drug-likeness (QED) is 0.347. The molecule has 0 aromatic heterocycles. The van der Waals surface area contributed by atoms with E-state index in [1.807, 2.05) is 0 Å². The first-order valence-electron chi connectivity index (χ1n) is 7.68. The molecule has 2 aromatic rings. The van der Waals surface area contributed by atoms with E-state index in [-0.39, 0.29) is 0 Å². The third-order valence-corrected chi connectivity index (χ3v) is 5.52. The number of carbonyl (C=O) groups excluding carboxylic acids is 2. The molecule has 0 unspecified atom stereocenters. The Balaban J connectivity index is 2.61. The molecule has 0 radical (unpaired) electrons. The Bertz CT molecular complexity index is 1190. The highest BCUT2D eigenvalue weighted by molar-refractivity contribution is 7.86. The molecule has 168 valence electrons. The summed E-state index contributed by atoms with van der Waals surface area (Å²) in [5.74, 6) is -8.25. The van der Waals surface area contributed by atoms with Crippen LogP contribution in [0.4, 0.5) is 8.78 Å². The molecule has 2 aromatic carbocycles. The van der Waals surface area contributed by atoms with Gasteiger partial charge in [0.15, 0.2) is 32.9 Å². The maximum atomic E-state index is 13.8. The number of ether oxygens (including phenoxy) is 3. The fourth-order valence-electron chi connectivity index (χ4n) is 2.49. The van der Waals surface area contributed by atoms with Crippen molar-refractivity contribution in [3.63, 3.8) is 0 Å². The minimum Gasteiger partial charge on any atom is -0.492 e. The molecular formula is C16H12F2O11S2. The van der Waals surface area contributed by atoms with Crippen LogP contribution in [0.1, 0.15) is 20.7 Å². The van der Waals surface area contributed by atoms with Gasteiger partial charge in [-0.1, -0.05) is 0 Å². The molecule has 0 aliphatic heterocycles. The van der Waals surface area contributed by atoms with Gasteiger partial charge in [0, 0.05) is 0 Å². The second-order valence-electron chi connectivity index (χ2n) is 5.54. The summed E-state index contributed by atoms with van der Waals surface area (Å²) in [7, 11) is -8.89. The SMILES string of the molecule is COc1c(F)ccc(C(=O)OC(=O)c2ccc(F)c(OC)c2S(=O)(=O)O)c1S(=O)(=O)O. The van der Waals surface area contributed by atoms with E-state index < -0.39 is 76.2 Å². The predicted octanol–water partition coefficient (Wildman–Crippen LogP) is 1.47. The molecule has 0 atom stereocenters. The second kappa shape index (κ2) is 8.54. The average molecular weight is 482 g/mol. The predicted molar refractivity (Wildman–Crippen MR) is 95.3 cm³/mol. The minimum absolute atomic E-state index is 0.547. The Labute approximate surface area is 173 Å². The van der Waals surface area contributed by atoms with Gasteiger partial charge in [0.25, 0.3) is 20.2 Å². The molecule has 0 spiro atoms. The zero-order chi connectivity index (χ0) is 23.7. The molecule has 0 heterocycles. The molecule has 15 heteroatoms. The highest BCUT2D eigenvalue weighted by atomic mass is 32.2. The van der Waals surface area contributed by atoms with Crippen molar-refractivity contribution in [1.82, 2.24) is 0 Å². The highest BCUT2D eigenvalue weighted by Crippen LogP contribution is 2.33. The van der Waals surface area contributed by atoms with Crippen LogP contribution >= 0.6 is 0 Å². The van der Waals surface area contributed by atoms with E-state index in [4.69, 9.17) is 0 Å². The first-order valence-corrected chi connectivity index (χ1v) is 10.6. The van der Waals surface area contributed by atoms with E-state index in [1.165, 1.54) is 0 Å². The van der Waals surface area contributed by atoms with Crippen LogP contribution < -0.4 is 9.47 Å². The van der Waals surface area contributed by atoms with Gasteiger partial charge < -0.3 is 14.2 Å². The normalized spacial score (nSPS) is 11.7. The number of carbonyl (C=O) groups is 2. The summed E-state index contributed by atoms with van der Waals surface area (Å²) in [6.45, 7) is 0. The van der Waals surface area contributed by atoms with Gasteiger partial charge in [0.2, 0.25) is 0 Å². The fourth-order valence-corrected chi connectivity index (χ4v) is 4.17. The molecule has 0 aliphatic carbocycles. The fraction of sp³-hybridized carbons (Fsp3) is 0.125. The monoisotopic (exact) mass is 482 g/mol. The van der Waals surface area contributed by atoms with E-state index in [9.17, 15) is 44.3 Å². The Morgan fingerprint density at radius 1 is 0.742 bits per heavy atom. The van der Waals surface area contributed by atoms with Crippen LogP contribution in [0.15, 0.2) is 34.1 Å². The zero-order valence-corrected chi connectivity index (χ0v) is 17.1. The van der Waals surface area contributed by atoms with Crippen LogP contribution in [-0.4, -0.2) is 52.1 Å². The smallest absolute Gasteiger partial charge is 0.347 e. The number of halogens is 2. The molecule has 0 saturated carbocycles. The van der Waals surface area contributed by atoms with E-state index in [0.717, 1.165) is 14.2 Å². The lowest BCUT2D eigenvalue weighted by molar-refractivity contribution is 0.0390. The largest absolute Gasteiger partial charge is 0.492 e. The van der Waals surface area contributed by atoms with Crippen LogP contribution in [0.25, 0.3) is 0 Å². The molecule has 2 N–H and O–H groups in total. The van der Waals surface area contributed by atoms with Crippen molar-refractivity contribution in [3.8, 4) is 11.5 Å². The summed E-state index contributed by atoms with van der Waals surface area (Å²) in [5.41, 5.74) is -2.09. The van der Waals surface area contributed by atoms with Crippen molar-refractivity contribution in [3.05, 3.63) is 47.0 Å². The van der Waals surface area contributed by atoms with Crippen LogP contribution in [0, 0.1) is 11.6 Å². The second-order valence-corrected chi connectivity index (χ2v) is 8.26. The average Bonchev–Trinajstić information content (AvgIpc) is 2.65. The van der Waals surface area contributed by atoms with Crippen molar-refractivity contribution < 1.29 is 58.5 Å². The van der Waals surface area contributed by atoms with Crippen LogP contribution in [0.2, 0.25) is 0 Å². The van der Waals surface area contributed by atoms with Gasteiger partial charge in [-0.15, -0.1) is 0 Å². The maximum absolute atomic E-state index is 13.8. The van der Waals surface area contributed by atoms with Gasteiger partial charge in [-0.25, -0.2) is 18.4 Å². The van der Waals surface area contributed by atoms with Gasteiger partial charge in [-0.05, 0) is 24.3 Å². The Kier molecular flexibility index (Phi) is 6.65. The standard InChI is InChI=1S/C16H12F2O11S2/c1-27-11-9(17)5-3-7(13(11)30(21,22)23)15(19)29-16(20)8-4-6-10(18)12(28-2)14(8)31(24,25)26/h3-6H,1-2H3,(H,21,22,23)(H,24,25,26). The Hall–Kier alpha value is -3.14. The lowest BCUT2D eigenvalue weighted by Gasteiger charge is -2.13. The first-order chi connectivity index (χ1) is 14.2. The molecule has 31 heavy (non-hydrogen) atoms. The summed E-state index contributed by atoms with van der Waals surface area (Å²) in [6, 6.07) is 2.23. The summed E-state index contributed by atoms with van der Waals surface area (Å²) in [4.78, 5) is 22.0. The van der Waals surface area contributed by atoms with Crippen molar-refractivity contribution in [1.29, 1.82) is 0 Å². The van der Waals surface area contributed by atoms with E-state index in [0.29, 0.717) is 24.3 Å². The van der Waals surface area contributed by atoms with Gasteiger partial charge in [-0.2, -0.15) is 16.8 Å². The lowest BCUT2D eigenvalue weighted by atomic mass is 10.2. The van der Waals surface area contributed by atoms with E-state index in [1.54, 1.807) is 0 Å². The van der Waals surface area contributed by atoms with E-state index >= 15 is 0 Å². The van der Waals surface area contributed by atoms with Gasteiger partial charge in [0.05, 0.1) is 25.3 Å². The number of rotatable bonds is 6. The molecular weight excluding hydrogens is 470 g/mol. The summed E-state index contributed by atoms with van der Waals surface area (Å²) < 4.78 is 106. The lowest BCUT2D eigenvalue weighted by Crippen LogP contribution is -2.19. The van der Waals surface area contributed by atoms with Crippen LogP contribution in [0.3, 0.4) is 0 Å². The first kappa shape index (κ1) is 24.1. The molecule has 0 aliphatic rings. The number of hydrogen-bond donors (Lipinski definition) is 2. The summed E-state index contributed by atoms with van der Waals surface area (Å²) in [5, 5.41) is 0. The minimum atomic E-state index is -5.27. The number of benzene rings is 2. The number of esters is 2. The van der Waals surface area contributed by atoms with Crippen molar-refractivity contribution in [2.24, 2.45) is 0 Å². The Morgan fingerprint density at radius 3 is 1.32 bits per heavy atom. The third kappa shape index (κ3) is 4.79. The summed E-state index contributed by atoms with van der Waals surface area (Å²) >= 11 is 0. The maximum Gasteiger partial charge on any atom is 0.347 e. The Morgan fingerprint density at radius 2 is 1.06 bits per heavy atom. The van der Waals surface area contributed by atoms with E-state index in [2.05, 4.69) is 14.2 Å². The zero-order valence-electron chi connectivity index (χ0n) is 15.5. The molecule has 0 bridgehead atoms. The van der Waals surface area contributed by atoms with Crippen molar-refractivity contribution in [2.45, 2.75) is 9.79 Å². The van der Waals surface area contributed by atoms with Gasteiger partial charge in [0.1, 0.15) is 0 Å². The molecule has 0 saturated heterocycles. The van der Waals surface area contributed by atoms with Crippen molar-refractivity contribution >= 4 is 32.2 Å². The number of methoxy groups -OCH3 is 2. The van der Waals surface area contributed by atoms with Crippen LogP contribution in [-0.2, 0) is 25.0 Å². The summed E-state index contributed by atoms with van der Waals surface area (Å²) in [6.07, 6.45) is 0. The molecule has 0 fully saturated rings. The van der Waals surface area contributed by atoms with Crippen molar-refractivity contribution in [2.75, 3.05) is 14.2 Å². The molecule has 11 nitrogen and oxygen atoms in total. The topological polar surface area (TPSA) is 171 Å². The van der Waals surface area contributed by atoms with Gasteiger partial charge in [-0.3, -0.25) is 9.11 Å². The molecule has 2 rings (SSSR count). The van der Waals surface area contributed by atoms with Crippen LogP contribution in [0.5, 0.6) is 11.5 Å².